The molecule has 1 aromatic heterocycles. The topological polar surface area (TPSA) is 114 Å². The van der Waals surface area contributed by atoms with Gasteiger partial charge >= 0.3 is 5.97 Å². The van der Waals surface area contributed by atoms with Crippen LogP contribution in [0.15, 0.2) is 6.20 Å². The van der Waals surface area contributed by atoms with E-state index in [2.05, 4.69) is 10.3 Å². The highest BCUT2D eigenvalue weighted by molar-refractivity contribution is 5.92. The van der Waals surface area contributed by atoms with Gasteiger partial charge in [-0.1, -0.05) is 5.21 Å². The lowest BCUT2D eigenvalue weighted by Crippen LogP contribution is -2.45. The molecular weight excluding hydrogens is 238 g/mol. The predicted octanol–water partition coefficient (Wildman–Crippen LogP) is -1.07. The summed E-state index contributed by atoms with van der Waals surface area (Å²) in [5.74, 6) is -1.28. The summed E-state index contributed by atoms with van der Waals surface area (Å²) in [7, 11) is 0. The van der Waals surface area contributed by atoms with Crippen molar-refractivity contribution >= 4 is 11.9 Å². The van der Waals surface area contributed by atoms with E-state index in [-0.39, 0.29) is 24.2 Å². The minimum Gasteiger partial charge on any atom is -0.480 e. The van der Waals surface area contributed by atoms with E-state index in [9.17, 15) is 9.59 Å². The number of nitrogens with two attached hydrogens (primary N) is 1. The molecule has 2 heterocycles. The van der Waals surface area contributed by atoms with Gasteiger partial charge < -0.3 is 15.7 Å². The fourth-order valence-corrected chi connectivity index (χ4v) is 1.97. The third kappa shape index (κ3) is 2.83. The molecule has 18 heavy (non-hydrogen) atoms. The highest BCUT2D eigenvalue weighted by atomic mass is 16.4. The number of aliphatic carboxylic acids is 1. The average molecular weight is 253 g/mol. The van der Waals surface area contributed by atoms with Gasteiger partial charge in [0.25, 0.3) is 5.91 Å². The van der Waals surface area contributed by atoms with Gasteiger partial charge in [0, 0.05) is 19.1 Å². The Balaban J connectivity index is 2.04. The highest BCUT2D eigenvalue weighted by Crippen LogP contribution is 2.11. The number of hydrogen-bond acceptors (Lipinski definition) is 5. The first kappa shape index (κ1) is 12.5. The molecule has 1 unspecified atom stereocenters. The zero-order valence-corrected chi connectivity index (χ0v) is 9.82. The lowest BCUT2D eigenvalue weighted by Gasteiger charge is -2.29. The summed E-state index contributed by atoms with van der Waals surface area (Å²) in [6.45, 7) is 0.850. The van der Waals surface area contributed by atoms with Crippen molar-refractivity contribution in [2.45, 2.75) is 25.4 Å². The monoisotopic (exact) mass is 253 g/mol. The number of carbonyl (C=O) groups excluding carboxylic acids is 1. The Kier molecular flexibility index (Phi) is 3.56. The molecule has 0 aromatic carbocycles. The summed E-state index contributed by atoms with van der Waals surface area (Å²) in [5, 5.41) is 15.9. The lowest BCUT2D eigenvalue weighted by atomic mass is 10.1. The Labute approximate surface area is 103 Å². The fraction of sp³-hybridized carbons (Fsp3) is 0.600. The smallest absolute Gasteiger partial charge is 0.325 e. The maximum absolute atomic E-state index is 12.1. The standard InChI is InChI=1S/C10H15N5O3/c11-7-2-1-3-14(4-7)10(18)8-5-15(13-12-8)6-9(16)17/h5,7H,1-4,6,11H2,(H,16,17). The number of likely N-dealkylation sites (tertiary alicyclic amines) is 1. The molecular formula is C10H15N5O3. The summed E-state index contributed by atoms with van der Waals surface area (Å²) in [5.41, 5.74) is 5.96. The molecule has 1 aromatic rings. The zero-order chi connectivity index (χ0) is 13.1. The lowest BCUT2D eigenvalue weighted by molar-refractivity contribution is -0.137. The first-order valence-corrected chi connectivity index (χ1v) is 5.73. The normalized spacial score (nSPS) is 19.8. The van der Waals surface area contributed by atoms with Crippen molar-refractivity contribution in [3.8, 4) is 0 Å². The molecule has 1 saturated heterocycles. The van der Waals surface area contributed by atoms with Gasteiger partial charge in [-0.15, -0.1) is 5.10 Å². The Morgan fingerprint density at radius 1 is 1.56 bits per heavy atom. The van der Waals surface area contributed by atoms with Gasteiger partial charge in [-0.3, -0.25) is 9.59 Å². The van der Waals surface area contributed by atoms with Crippen LogP contribution in [0.5, 0.6) is 0 Å². The van der Waals surface area contributed by atoms with Crippen LogP contribution in [-0.4, -0.2) is 56.0 Å². The number of amides is 1. The number of rotatable bonds is 3. The van der Waals surface area contributed by atoms with Crippen LogP contribution >= 0.6 is 0 Å². The van der Waals surface area contributed by atoms with Crippen LogP contribution in [0.25, 0.3) is 0 Å². The van der Waals surface area contributed by atoms with Gasteiger partial charge in [0.05, 0.1) is 6.20 Å². The molecule has 1 aliphatic rings. The van der Waals surface area contributed by atoms with Gasteiger partial charge in [-0.05, 0) is 12.8 Å². The molecule has 1 aliphatic heterocycles. The van der Waals surface area contributed by atoms with Crippen LogP contribution in [-0.2, 0) is 11.3 Å². The number of nitrogens with zero attached hydrogens (tertiary/aromatic N) is 4. The van der Waals surface area contributed by atoms with Crippen molar-refractivity contribution in [2.75, 3.05) is 13.1 Å². The van der Waals surface area contributed by atoms with E-state index in [0.29, 0.717) is 13.1 Å². The Hall–Kier alpha value is -1.96. The van der Waals surface area contributed by atoms with Crippen molar-refractivity contribution in [1.29, 1.82) is 0 Å². The van der Waals surface area contributed by atoms with Crippen molar-refractivity contribution in [3.63, 3.8) is 0 Å². The third-order valence-electron chi connectivity index (χ3n) is 2.80. The number of carboxylic acids is 1. The maximum atomic E-state index is 12.1. The number of carboxylic acid groups (broad SMARTS) is 1. The molecule has 1 fully saturated rings. The molecule has 1 amide bonds. The second kappa shape index (κ2) is 5.13. The second-order valence-corrected chi connectivity index (χ2v) is 4.35. The van der Waals surface area contributed by atoms with Crippen LogP contribution < -0.4 is 5.73 Å². The first-order valence-electron chi connectivity index (χ1n) is 5.73. The van der Waals surface area contributed by atoms with Crippen molar-refractivity contribution in [1.82, 2.24) is 19.9 Å². The molecule has 1 atom stereocenters. The predicted molar refractivity (Wildman–Crippen MR) is 60.8 cm³/mol. The molecule has 3 N–H and O–H groups in total. The summed E-state index contributed by atoms with van der Waals surface area (Å²) < 4.78 is 1.12. The minimum atomic E-state index is -1.03. The van der Waals surface area contributed by atoms with Gasteiger partial charge in [0.2, 0.25) is 0 Å². The number of hydrogen-bond donors (Lipinski definition) is 2. The zero-order valence-electron chi connectivity index (χ0n) is 9.82. The number of carbonyl (C=O) groups is 2. The van der Waals surface area contributed by atoms with Gasteiger partial charge in [0.15, 0.2) is 5.69 Å². The average Bonchev–Trinajstić information content (AvgIpc) is 2.75. The fourth-order valence-electron chi connectivity index (χ4n) is 1.97. The summed E-state index contributed by atoms with van der Waals surface area (Å²) in [6, 6.07) is -0.00300. The molecule has 0 aliphatic carbocycles. The van der Waals surface area contributed by atoms with Crippen molar-refractivity contribution < 1.29 is 14.7 Å². The van der Waals surface area contributed by atoms with E-state index >= 15 is 0 Å². The minimum absolute atomic E-state index is 0.00300. The van der Waals surface area contributed by atoms with Crippen molar-refractivity contribution in [3.05, 3.63) is 11.9 Å². The van der Waals surface area contributed by atoms with E-state index in [1.54, 1.807) is 4.90 Å². The maximum Gasteiger partial charge on any atom is 0.325 e. The summed E-state index contributed by atoms with van der Waals surface area (Å²) in [6.07, 6.45) is 3.13. The van der Waals surface area contributed by atoms with Gasteiger partial charge in [-0.2, -0.15) is 0 Å². The SMILES string of the molecule is NC1CCCN(C(=O)c2cn(CC(=O)O)nn2)C1. The van der Waals surface area contributed by atoms with E-state index in [1.807, 2.05) is 0 Å². The van der Waals surface area contributed by atoms with E-state index in [1.165, 1.54) is 6.20 Å². The van der Waals surface area contributed by atoms with E-state index in [0.717, 1.165) is 17.5 Å². The molecule has 2 rings (SSSR count). The molecule has 98 valence electrons. The quantitative estimate of drug-likeness (QED) is 0.708. The Morgan fingerprint density at radius 2 is 2.33 bits per heavy atom. The molecule has 8 heteroatoms. The van der Waals surface area contributed by atoms with Crippen LogP contribution in [0.3, 0.4) is 0 Å². The van der Waals surface area contributed by atoms with Gasteiger partial charge in [-0.25, -0.2) is 4.68 Å². The van der Waals surface area contributed by atoms with Crippen LogP contribution in [0.1, 0.15) is 23.3 Å². The third-order valence-corrected chi connectivity index (χ3v) is 2.80. The van der Waals surface area contributed by atoms with Crippen molar-refractivity contribution in [2.24, 2.45) is 5.73 Å². The van der Waals surface area contributed by atoms with E-state index in [4.69, 9.17) is 10.8 Å². The van der Waals surface area contributed by atoms with Crippen LogP contribution in [0.4, 0.5) is 0 Å². The van der Waals surface area contributed by atoms with Gasteiger partial charge in [0.1, 0.15) is 6.54 Å². The Morgan fingerprint density at radius 3 is 3.00 bits per heavy atom. The molecule has 8 nitrogen and oxygen atoms in total. The molecule has 0 spiro atoms. The largest absolute Gasteiger partial charge is 0.480 e. The highest BCUT2D eigenvalue weighted by Gasteiger charge is 2.24. The molecule has 0 saturated carbocycles. The second-order valence-electron chi connectivity index (χ2n) is 4.35. The van der Waals surface area contributed by atoms with E-state index < -0.39 is 5.97 Å². The van der Waals surface area contributed by atoms with Crippen LogP contribution in [0, 0.1) is 0 Å². The number of piperidine rings is 1. The molecule has 0 radical (unpaired) electrons. The Bertz CT molecular complexity index is 458. The van der Waals surface area contributed by atoms with Crippen LogP contribution in [0.2, 0.25) is 0 Å². The number of aromatic nitrogens is 3. The molecule has 0 bridgehead atoms. The first-order chi connectivity index (χ1) is 8.56. The summed E-state index contributed by atoms with van der Waals surface area (Å²) in [4.78, 5) is 24.2. The summed E-state index contributed by atoms with van der Waals surface area (Å²) >= 11 is 0.